The van der Waals surface area contributed by atoms with Gasteiger partial charge in [-0.3, -0.25) is 18.8 Å². The van der Waals surface area contributed by atoms with Crippen LogP contribution in [0.25, 0.3) is 16.6 Å². The van der Waals surface area contributed by atoms with Crippen LogP contribution in [0.1, 0.15) is 50.3 Å². The van der Waals surface area contributed by atoms with Crippen molar-refractivity contribution in [2.24, 2.45) is 7.05 Å². The average molecular weight is 450 g/mol. The molecule has 0 unspecified atom stereocenters. The summed E-state index contributed by atoms with van der Waals surface area (Å²) in [4.78, 5) is 32.0. The third-order valence-electron chi connectivity index (χ3n) is 6.58. The Morgan fingerprint density at radius 2 is 1.88 bits per heavy atom. The summed E-state index contributed by atoms with van der Waals surface area (Å²) in [5, 5.41) is 15.5. The van der Waals surface area contributed by atoms with Gasteiger partial charge in [-0.2, -0.15) is 5.10 Å². The molecule has 8 nitrogen and oxygen atoms in total. The maximum atomic E-state index is 13.0. The monoisotopic (exact) mass is 449 g/mol. The van der Waals surface area contributed by atoms with E-state index in [0.717, 1.165) is 16.8 Å². The van der Waals surface area contributed by atoms with Crippen LogP contribution in [0.4, 0.5) is 0 Å². The van der Waals surface area contributed by atoms with Crippen molar-refractivity contribution in [1.29, 1.82) is 0 Å². The minimum absolute atomic E-state index is 0.0921. The fourth-order valence-corrected chi connectivity index (χ4v) is 4.62. The fraction of sp³-hybridized carbons (Fsp3) is 0.440. The molecule has 0 spiro atoms. The van der Waals surface area contributed by atoms with Crippen LogP contribution in [0.3, 0.4) is 0 Å². The summed E-state index contributed by atoms with van der Waals surface area (Å²) in [5.41, 5.74) is 2.08. The Morgan fingerprint density at radius 1 is 1.21 bits per heavy atom. The molecular formula is C25H31N5O3. The van der Waals surface area contributed by atoms with Gasteiger partial charge in [0.05, 0.1) is 24.2 Å². The van der Waals surface area contributed by atoms with Gasteiger partial charge in [-0.25, -0.2) is 4.98 Å². The van der Waals surface area contributed by atoms with E-state index in [1.54, 1.807) is 11.7 Å². The van der Waals surface area contributed by atoms with Crippen LogP contribution < -0.4 is 5.56 Å². The molecule has 3 aromatic rings. The second-order valence-corrected chi connectivity index (χ2v) is 9.25. The first-order chi connectivity index (χ1) is 15.7. The molecule has 33 heavy (non-hydrogen) atoms. The SMILES string of the molecule is C=C(C)c1c2ncn(CC3(O)CCN(C(=O)C[C@@H](C)c4ccccc4)CC3)c(=O)c2nn1C. The van der Waals surface area contributed by atoms with Crippen molar-refractivity contribution >= 4 is 22.5 Å². The van der Waals surface area contributed by atoms with Crippen LogP contribution >= 0.6 is 0 Å². The predicted octanol–water partition coefficient (Wildman–Crippen LogP) is 2.71. The number of benzene rings is 1. The number of carbonyl (C=O) groups is 1. The van der Waals surface area contributed by atoms with Crippen LogP contribution in [-0.2, 0) is 18.4 Å². The number of hydrogen-bond donors (Lipinski definition) is 1. The number of rotatable bonds is 6. The van der Waals surface area contributed by atoms with E-state index in [0.29, 0.717) is 37.9 Å². The van der Waals surface area contributed by atoms with Gasteiger partial charge in [0, 0.05) is 26.6 Å². The molecule has 1 fully saturated rings. The molecule has 3 heterocycles. The number of piperidine rings is 1. The molecule has 1 saturated heterocycles. The number of aryl methyl sites for hydroxylation is 1. The summed E-state index contributed by atoms with van der Waals surface area (Å²) >= 11 is 0. The molecule has 0 bridgehead atoms. The molecule has 1 aliphatic rings. The molecule has 8 heteroatoms. The molecule has 0 aliphatic carbocycles. The molecule has 4 rings (SSSR count). The first kappa shape index (κ1) is 22.9. The van der Waals surface area contributed by atoms with Crippen LogP contribution in [0.15, 0.2) is 48.0 Å². The van der Waals surface area contributed by atoms with Crippen LogP contribution in [0, 0.1) is 0 Å². The summed E-state index contributed by atoms with van der Waals surface area (Å²) in [5.74, 6) is 0.229. The van der Waals surface area contributed by atoms with Crippen molar-refractivity contribution < 1.29 is 9.90 Å². The number of carbonyl (C=O) groups excluding carboxylic acids is 1. The second-order valence-electron chi connectivity index (χ2n) is 9.25. The van der Waals surface area contributed by atoms with Crippen molar-refractivity contribution in [3.05, 3.63) is 64.8 Å². The highest BCUT2D eigenvalue weighted by molar-refractivity contribution is 5.85. The number of nitrogens with zero attached hydrogens (tertiary/aromatic N) is 5. The molecule has 0 radical (unpaired) electrons. The van der Waals surface area contributed by atoms with Crippen LogP contribution in [0.2, 0.25) is 0 Å². The van der Waals surface area contributed by atoms with Crippen LogP contribution in [0.5, 0.6) is 0 Å². The van der Waals surface area contributed by atoms with Gasteiger partial charge in [-0.05, 0) is 36.8 Å². The van der Waals surface area contributed by atoms with Gasteiger partial charge in [-0.15, -0.1) is 0 Å². The van der Waals surface area contributed by atoms with E-state index in [9.17, 15) is 14.7 Å². The second kappa shape index (κ2) is 8.94. The number of allylic oxidation sites excluding steroid dienone is 1. The maximum Gasteiger partial charge on any atom is 0.281 e. The van der Waals surface area contributed by atoms with E-state index in [1.165, 1.54) is 10.9 Å². The third kappa shape index (κ3) is 4.61. The number of amides is 1. The molecule has 1 N–H and O–H groups in total. The number of fused-ring (bicyclic) bond motifs is 1. The van der Waals surface area contributed by atoms with Crippen molar-refractivity contribution in [2.75, 3.05) is 13.1 Å². The minimum Gasteiger partial charge on any atom is -0.388 e. The highest BCUT2D eigenvalue weighted by Gasteiger charge is 2.35. The normalized spacial score (nSPS) is 16.7. The molecular weight excluding hydrogens is 418 g/mol. The molecule has 174 valence electrons. The van der Waals surface area contributed by atoms with E-state index in [1.807, 2.05) is 42.2 Å². The quantitative estimate of drug-likeness (QED) is 0.625. The Hall–Kier alpha value is -3.26. The lowest BCUT2D eigenvalue weighted by molar-refractivity contribution is -0.136. The Kier molecular flexibility index (Phi) is 6.21. The molecule has 1 aromatic carbocycles. The largest absolute Gasteiger partial charge is 0.388 e. The summed E-state index contributed by atoms with van der Waals surface area (Å²) in [6.07, 6.45) is 2.72. The van der Waals surface area contributed by atoms with Crippen molar-refractivity contribution in [2.45, 2.75) is 51.2 Å². The zero-order chi connectivity index (χ0) is 23.8. The summed E-state index contributed by atoms with van der Waals surface area (Å²) in [6.45, 7) is 8.89. The first-order valence-corrected chi connectivity index (χ1v) is 11.3. The van der Waals surface area contributed by atoms with E-state index in [2.05, 4.69) is 23.6 Å². The van der Waals surface area contributed by atoms with Crippen molar-refractivity contribution in [3.8, 4) is 0 Å². The molecule has 1 amide bonds. The number of aromatic nitrogens is 4. The van der Waals surface area contributed by atoms with Gasteiger partial charge in [0.15, 0.2) is 5.52 Å². The minimum atomic E-state index is -1.08. The van der Waals surface area contributed by atoms with Gasteiger partial charge in [0.2, 0.25) is 5.91 Å². The van der Waals surface area contributed by atoms with E-state index in [-0.39, 0.29) is 29.4 Å². The molecule has 1 aliphatic heterocycles. The molecule has 1 atom stereocenters. The topological polar surface area (TPSA) is 93.2 Å². The molecule has 2 aromatic heterocycles. The van der Waals surface area contributed by atoms with Crippen LogP contribution in [-0.4, -0.2) is 53.9 Å². The van der Waals surface area contributed by atoms with Gasteiger partial charge in [-0.1, -0.05) is 43.8 Å². The van der Waals surface area contributed by atoms with E-state index in [4.69, 9.17) is 0 Å². The standard InChI is InChI=1S/C25H31N5O3/c1-17(2)23-21-22(27-28(23)4)24(32)30(16-26-21)15-25(33)10-12-29(13-11-25)20(31)14-18(3)19-8-6-5-7-9-19/h5-9,16,18,33H,1,10-15H2,2-4H3/t18-/m1/s1. The van der Waals surface area contributed by atoms with E-state index >= 15 is 0 Å². The summed E-state index contributed by atoms with van der Waals surface area (Å²) in [6, 6.07) is 10.0. The Morgan fingerprint density at radius 3 is 2.52 bits per heavy atom. The van der Waals surface area contributed by atoms with Crippen molar-refractivity contribution in [1.82, 2.24) is 24.2 Å². The Balaban J connectivity index is 1.42. The highest BCUT2D eigenvalue weighted by atomic mass is 16.3. The highest BCUT2D eigenvalue weighted by Crippen LogP contribution is 2.27. The lowest BCUT2D eigenvalue weighted by atomic mass is 9.90. The lowest BCUT2D eigenvalue weighted by Crippen LogP contribution is -2.49. The lowest BCUT2D eigenvalue weighted by Gasteiger charge is -2.38. The Labute approximate surface area is 193 Å². The average Bonchev–Trinajstić information content (AvgIpc) is 3.13. The van der Waals surface area contributed by atoms with Gasteiger partial charge < -0.3 is 10.0 Å². The van der Waals surface area contributed by atoms with E-state index < -0.39 is 5.60 Å². The zero-order valence-electron chi connectivity index (χ0n) is 19.5. The smallest absolute Gasteiger partial charge is 0.281 e. The van der Waals surface area contributed by atoms with Gasteiger partial charge in [0.25, 0.3) is 5.56 Å². The first-order valence-electron chi connectivity index (χ1n) is 11.3. The van der Waals surface area contributed by atoms with Crippen molar-refractivity contribution in [3.63, 3.8) is 0 Å². The van der Waals surface area contributed by atoms with Gasteiger partial charge in [0.1, 0.15) is 5.52 Å². The Bertz CT molecular complexity index is 1240. The maximum absolute atomic E-state index is 13.0. The zero-order valence-corrected chi connectivity index (χ0v) is 19.5. The number of likely N-dealkylation sites (tertiary alicyclic amines) is 1. The fourth-order valence-electron chi connectivity index (χ4n) is 4.62. The number of aliphatic hydroxyl groups is 1. The summed E-state index contributed by atoms with van der Waals surface area (Å²) < 4.78 is 3.04. The third-order valence-corrected chi connectivity index (χ3v) is 6.58. The molecule has 0 saturated carbocycles. The predicted molar refractivity (Wildman–Crippen MR) is 128 cm³/mol. The summed E-state index contributed by atoms with van der Waals surface area (Å²) in [7, 11) is 1.76. The number of hydrogen-bond acceptors (Lipinski definition) is 5. The van der Waals surface area contributed by atoms with Gasteiger partial charge >= 0.3 is 0 Å².